The van der Waals surface area contributed by atoms with Gasteiger partial charge in [0.25, 0.3) is 0 Å². The highest BCUT2D eigenvalue weighted by Crippen LogP contribution is 2.37. The van der Waals surface area contributed by atoms with Gasteiger partial charge in [-0.3, -0.25) is 4.79 Å². The molecule has 1 fully saturated rings. The topological polar surface area (TPSA) is 43.1 Å². The second-order valence-electron chi connectivity index (χ2n) is 4.87. The van der Waals surface area contributed by atoms with Crippen LogP contribution in [0.15, 0.2) is 10.8 Å². The maximum absolute atomic E-state index is 12.7. The van der Waals surface area contributed by atoms with Crippen molar-refractivity contribution >= 4 is 17.1 Å². The zero-order valence-corrected chi connectivity index (χ0v) is 10.5. The molecule has 0 spiro atoms. The lowest BCUT2D eigenvalue weighted by molar-refractivity contribution is -0.137. The Hall–Kier alpha value is -0.880. The fourth-order valence-electron chi connectivity index (χ4n) is 2.40. The van der Waals surface area contributed by atoms with Gasteiger partial charge in [0.05, 0.1) is 5.56 Å². The molecule has 0 aliphatic heterocycles. The third-order valence-electron chi connectivity index (χ3n) is 3.38. The Morgan fingerprint density at radius 2 is 1.94 bits per heavy atom. The number of nitrogens with two attached hydrogens (primary N) is 1. The third-order valence-corrected chi connectivity index (χ3v) is 4.12. The fourth-order valence-corrected chi connectivity index (χ4v) is 3.26. The summed E-state index contributed by atoms with van der Waals surface area (Å²) in [6, 6.07) is 0. The number of Topliss-reactive ketones (excluding diaryl/α,β-unsaturated/α-hetero) is 1. The van der Waals surface area contributed by atoms with Gasteiger partial charge in [0.2, 0.25) is 0 Å². The van der Waals surface area contributed by atoms with E-state index in [1.54, 1.807) is 0 Å². The van der Waals surface area contributed by atoms with E-state index < -0.39 is 23.1 Å². The van der Waals surface area contributed by atoms with Gasteiger partial charge in [0.1, 0.15) is 0 Å². The molecule has 18 heavy (non-hydrogen) atoms. The van der Waals surface area contributed by atoms with Crippen molar-refractivity contribution in [1.82, 2.24) is 0 Å². The van der Waals surface area contributed by atoms with Crippen LogP contribution in [0.4, 0.5) is 13.2 Å². The number of alkyl halides is 3. The smallest absolute Gasteiger partial charge is 0.325 e. The van der Waals surface area contributed by atoms with Crippen LogP contribution in [0.25, 0.3) is 0 Å². The largest absolute Gasteiger partial charge is 0.417 e. The van der Waals surface area contributed by atoms with Crippen molar-refractivity contribution < 1.29 is 18.0 Å². The van der Waals surface area contributed by atoms with Crippen LogP contribution in [0.2, 0.25) is 0 Å². The van der Waals surface area contributed by atoms with Gasteiger partial charge in [0.15, 0.2) is 5.78 Å². The third kappa shape index (κ3) is 2.75. The van der Waals surface area contributed by atoms with Crippen molar-refractivity contribution in [3.05, 3.63) is 21.9 Å². The minimum Gasteiger partial charge on any atom is -0.325 e. The van der Waals surface area contributed by atoms with E-state index in [0.29, 0.717) is 12.8 Å². The van der Waals surface area contributed by atoms with Crippen LogP contribution in [0, 0.1) is 0 Å². The molecule has 0 saturated heterocycles. The van der Waals surface area contributed by atoms with Crippen molar-refractivity contribution in [3.8, 4) is 0 Å². The summed E-state index contributed by atoms with van der Waals surface area (Å²) in [7, 11) is 0. The minimum atomic E-state index is -4.47. The quantitative estimate of drug-likeness (QED) is 0.858. The molecule has 2 nitrogen and oxygen atoms in total. The first-order valence-corrected chi connectivity index (χ1v) is 6.72. The molecule has 0 radical (unpaired) electrons. The molecular weight excluding hydrogens is 263 g/mol. The van der Waals surface area contributed by atoms with Gasteiger partial charge in [-0.1, -0.05) is 12.8 Å². The molecule has 2 rings (SSSR count). The molecule has 1 saturated carbocycles. The van der Waals surface area contributed by atoms with Gasteiger partial charge >= 0.3 is 6.18 Å². The van der Waals surface area contributed by atoms with Crippen LogP contribution in [-0.4, -0.2) is 11.3 Å². The highest BCUT2D eigenvalue weighted by molar-refractivity contribution is 7.08. The van der Waals surface area contributed by atoms with Gasteiger partial charge in [-0.25, -0.2) is 0 Å². The van der Waals surface area contributed by atoms with Crippen LogP contribution in [0.3, 0.4) is 0 Å². The molecule has 1 heterocycles. The van der Waals surface area contributed by atoms with E-state index in [9.17, 15) is 18.0 Å². The predicted octanol–water partition coefficient (Wildman–Crippen LogP) is 3.61. The molecule has 0 bridgehead atoms. The average molecular weight is 277 g/mol. The van der Waals surface area contributed by atoms with Crippen molar-refractivity contribution in [2.75, 3.05) is 0 Å². The van der Waals surface area contributed by atoms with E-state index in [1.165, 1.54) is 5.38 Å². The number of rotatable bonds is 3. The Labute approximate surface area is 107 Å². The van der Waals surface area contributed by atoms with Gasteiger partial charge in [-0.05, 0) is 12.8 Å². The van der Waals surface area contributed by atoms with Crippen molar-refractivity contribution in [2.45, 2.75) is 43.8 Å². The van der Waals surface area contributed by atoms with Crippen LogP contribution >= 0.6 is 11.3 Å². The molecule has 0 aromatic carbocycles. The normalized spacial score (nSPS) is 19.1. The van der Waals surface area contributed by atoms with Crippen molar-refractivity contribution in [2.24, 2.45) is 5.73 Å². The first-order valence-electron chi connectivity index (χ1n) is 5.77. The second kappa shape index (κ2) is 4.66. The first-order chi connectivity index (χ1) is 8.32. The molecule has 0 amide bonds. The molecule has 2 N–H and O–H groups in total. The lowest BCUT2D eigenvalue weighted by Crippen LogP contribution is -2.38. The zero-order chi connectivity index (χ0) is 13.4. The highest BCUT2D eigenvalue weighted by atomic mass is 32.1. The molecule has 100 valence electrons. The van der Waals surface area contributed by atoms with E-state index in [0.717, 1.165) is 29.6 Å². The summed E-state index contributed by atoms with van der Waals surface area (Å²) < 4.78 is 38.0. The summed E-state index contributed by atoms with van der Waals surface area (Å²) in [6.07, 6.45) is -1.15. The van der Waals surface area contributed by atoms with Gasteiger partial charge in [-0.15, -0.1) is 0 Å². The molecule has 1 aromatic rings. The van der Waals surface area contributed by atoms with Gasteiger partial charge < -0.3 is 5.73 Å². The van der Waals surface area contributed by atoms with Gasteiger partial charge in [0, 0.05) is 28.3 Å². The summed E-state index contributed by atoms with van der Waals surface area (Å²) in [5, 5.41) is 2.24. The van der Waals surface area contributed by atoms with Crippen LogP contribution in [0.1, 0.15) is 48.0 Å². The van der Waals surface area contributed by atoms with E-state index >= 15 is 0 Å². The Balaban J connectivity index is 2.17. The van der Waals surface area contributed by atoms with Crippen molar-refractivity contribution in [1.29, 1.82) is 0 Å². The standard InChI is InChI=1S/C12H14F3NOS/c13-12(14,15)9-7-18-6-8(9)10(17)5-11(16)3-1-2-4-11/h6-7H,1-5,16H2. The number of halogens is 3. The number of carbonyl (C=O) groups is 1. The molecule has 1 aliphatic carbocycles. The van der Waals surface area contributed by atoms with E-state index in [1.807, 2.05) is 0 Å². The Morgan fingerprint density at radius 1 is 1.33 bits per heavy atom. The summed E-state index contributed by atoms with van der Waals surface area (Å²) in [6.45, 7) is 0. The molecule has 0 unspecified atom stereocenters. The lowest BCUT2D eigenvalue weighted by Gasteiger charge is -2.22. The Morgan fingerprint density at radius 3 is 2.50 bits per heavy atom. The lowest BCUT2D eigenvalue weighted by atomic mass is 9.89. The molecular formula is C12H14F3NOS. The summed E-state index contributed by atoms with van der Waals surface area (Å²) in [4.78, 5) is 12.0. The molecule has 1 aliphatic rings. The van der Waals surface area contributed by atoms with Gasteiger partial charge in [-0.2, -0.15) is 24.5 Å². The first kappa shape index (κ1) is 13.5. The summed E-state index contributed by atoms with van der Waals surface area (Å²) >= 11 is 0.897. The van der Waals surface area contributed by atoms with Crippen LogP contribution < -0.4 is 5.73 Å². The number of carbonyl (C=O) groups excluding carboxylic acids is 1. The molecule has 0 atom stereocenters. The van der Waals surface area contributed by atoms with Crippen LogP contribution in [-0.2, 0) is 6.18 Å². The second-order valence-corrected chi connectivity index (χ2v) is 5.61. The maximum Gasteiger partial charge on any atom is 0.417 e. The van der Waals surface area contributed by atoms with E-state index in [4.69, 9.17) is 5.73 Å². The monoisotopic (exact) mass is 277 g/mol. The Bertz CT molecular complexity index is 446. The highest BCUT2D eigenvalue weighted by Gasteiger charge is 2.38. The van der Waals surface area contributed by atoms with Crippen molar-refractivity contribution in [3.63, 3.8) is 0 Å². The molecule has 1 aromatic heterocycles. The number of hydrogen-bond donors (Lipinski definition) is 1. The maximum atomic E-state index is 12.7. The zero-order valence-electron chi connectivity index (χ0n) is 9.72. The minimum absolute atomic E-state index is 0.00676. The summed E-state index contributed by atoms with van der Waals surface area (Å²) in [5.41, 5.74) is 4.35. The fraction of sp³-hybridized carbons (Fsp3) is 0.583. The Kier molecular flexibility index (Phi) is 3.51. The molecule has 6 heteroatoms. The SMILES string of the molecule is NC1(CC(=O)c2cscc2C(F)(F)F)CCCC1. The predicted molar refractivity (Wildman–Crippen MR) is 63.7 cm³/mol. The number of hydrogen-bond acceptors (Lipinski definition) is 3. The summed E-state index contributed by atoms with van der Waals surface area (Å²) in [5.74, 6) is -0.493. The number of ketones is 1. The average Bonchev–Trinajstić information content (AvgIpc) is 2.84. The van der Waals surface area contributed by atoms with E-state index in [2.05, 4.69) is 0 Å². The van der Waals surface area contributed by atoms with Crippen LogP contribution in [0.5, 0.6) is 0 Å². The van der Waals surface area contributed by atoms with E-state index in [-0.39, 0.29) is 12.0 Å². The number of thiophene rings is 1.